The molecule has 1 atom stereocenters. The first-order valence-electron chi connectivity index (χ1n) is 9.18. The fraction of sp³-hybridized carbons (Fsp3) is 0.238. The summed E-state index contributed by atoms with van der Waals surface area (Å²) >= 11 is 1.60. The normalized spacial score (nSPS) is 12.4. The van der Waals surface area contributed by atoms with Crippen LogP contribution < -0.4 is 5.32 Å². The average molecular weight is 392 g/mol. The summed E-state index contributed by atoms with van der Waals surface area (Å²) in [6.07, 6.45) is 3.45. The average Bonchev–Trinajstić information content (AvgIpc) is 3.37. The molecule has 0 aliphatic carbocycles. The number of fused-ring (bicyclic) bond motifs is 1. The lowest BCUT2D eigenvalue weighted by atomic mass is 10.1. The summed E-state index contributed by atoms with van der Waals surface area (Å²) in [6, 6.07) is 11.5. The quantitative estimate of drug-likeness (QED) is 0.538. The van der Waals surface area contributed by atoms with E-state index in [1.807, 2.05) is 53.4 Å². The summed E-state index contributed by atoms with van der Waals surface area (Å²) in [5.74, 6) is -0.160. The van der Waals surface area contributed by atoms with Gasteiger partial charge in [-0.25, -0.2) is 9.67 Å². The van der Waals surface area contributed by atoms with Gasteiger partial charge in [-0.05, 0) is 50.4 Å². The van der Waals surface area contributed by atoms with Crippen molar-refractivity contribution in [2.45, 2.75) is 32.9 Å². The highest BCUT2D eigenvalue weighted by Gasteiger charge is 2.20. The second kappa shape index (κ2) is 7.52. The molecule has 0 fully saturated rings. The van der Waals surface area contributed by atoms with Gasteiger partial charge in [-0.1, -0.05) is 12.1 Å². The highest BCUT2D eigenvalue weighted by Crippen LogP contribution is 2.29. The number of hydrogen-bond donors (Lipinski definition) is 1. The molecule has 4 heterocycles. The Morgan fingerprint density at radius 2 is 2.04 bits per heavy atom. The van der Waals surface area contributed by atoms with E-state index in [1.165, 1.54) is 0 Å². The SMILES string of the molecule is CC(NC(=O)c1cc(-c2cccs2)nc2c1cnn2C(C)C)c1ccccn1. The van der Waals surface area contributed by atoms with Crippen LogP contribution in [0.5, 0.6) is 0 Å². The van der Waals surface area contributed by atoms with Gasteiger partial charge < -0.3 is 5.32 Å². The van der Waals surface area contributed by atoms with Crippen molar-refractivity contribution in [3.63, 3.8) is 0 Å². The van der Waals surface area contributed by atoms with Gasteiger partial charge in [-0.3, -0.25) is 9.78 Å². The molecule has 1 unspecified atom stereocenters. The van der Waals surface area contributed by atoms with Crippen LogP contribution in [0.4, 0.5) is 0 Å². The molecule has 0 spiro atoms. The van der Waals surface area contributed by atoms with Crippen molar-refractivity contribution in [3.05, 3.63) is 65.4 Å². The second-order valence-electron chi connectivity index (χ2n) is 6.90. The molecule has 0 bridgehead atoms. The van der Waals surface area contributed by atoms with Crippen LogP contribution in [0.2, 0.25) is 0 Å². The van der Waals surface area contributed by atoms with Gasteiger partial charge >= 0.3 is 0 Å². The molecule has 4 aromatic heterocycles. The monoisotopic (exact) mass is 391 g/mol. The molecule has 4 aromatic rings. The fourth-order valence-electron chi connectivity index (χ4n) is 3.11. The molecule has 0 saturated heterocycles. The number of aromatic nitrogens is 4. The maximum Gasteiger partial charge on any atom is 0.252 e. The predicted octanol–water partition coefficient (Wildman–Crippen LogP) is 4.63. The van der Waals surface area contributed by atoms with E-state index < -0.39 is 0 Å². The first-order valence-corrected chi connectivity index (χ1v) is 10.1. The molecule has 7 heteroatoms. The van der Waals surface area contributed by atoms with Crippen LogP contribution >= 0.6 is 11.3 Å². The molecular formula is C21H21N5OS. The maximum atomic E-state index is 13.1. The summed E-state index contributed by atoms with van der Waals surface area (Å²) in [5.41, 5.74) is 2.89. The molecule has 1 N–H and O–H groups in total. The summed E-state index contributed by atoms with van der Waals surface area (Å²) in [6.45, 7) is 6.03. The molecule has 1 amide bonds. The van der Waals surface area contributed by atoms with Crippen LogP contribution in [0.1, 0.15) is 48.9 Å². The molecule has 0 aromatic carbocycles. The smallest absolute Gasteiger partial charge is 0.252 e. The van der Waals surface area contributed by atoms with Crippen LogP contribution in [-0.4, -0.2) is 25.7 Å². The highest BCUT2D eigenvalue weighted by molar-refractivity contribution is 7.13. The largest absolute Gasteiger partial charge is 0.344 e. The number of rotatable bonds is 5. The number of amides is 1. The van der Waals surface area contributed by atoms with E-state index in [0.29, 0.717) is 5.56 Å². The number of carbonyl (C=O) groups is 1. The number of nitrogens with zero attached hydrogens (tertiary/aromatic N) is 4. The van der Waals surface area contributed by atoms with E-state index in [0.717, 1.165) is 27.3 Å². The summed E-state index contributed by atoms with van der Waals surface area (Å²) in [4.78, 5) is 23.3. The van der Waals surface area contributed by atoms with E-state index in [4.69, 9.17) is 4.98 Å². The Hall–Kier alpha value is -3.06. The van der Waals surface area contributed by atoms with Crippen molar-refractivity contribution in [2.24, 2.45) is 0 Å². The molecule has 6 nitrogen and oxygen atoms in total. The van der Waals surface area contributed by atoms with E-state index in [2.05, 4.69) is 29.2 Å². The van der Waals surface area contributed by atoms with Crippen molar-refractivity contribution in [3.8, 4) is 10.6 Å². The minimum atomic E-state index is -0.206. The molecule has 4 rings (SSSR count). The summed E-state index contributed by atoms with van der Waals surface area (Å²) < 4.78 is 1.85. The molecule has 0 saturated carbocycles. The lowest BCUT2D eigenvalue weighted by Crippen LogP contribution is -2.27. The topological polar surface area (TPSA) is 72.7 Å². The number of carbonyl (C=O) groups excluding carboxylic acids is 1. The van der Waals surface area contributed by atoms with Crippen LogP contribution in [0, 0.1) is 0 Å². The summed E-state index contributed by atoms with van der Waals surface area (Å²) in [5, 5.41) is 10.3. The Kier molecular flexibility index (Phi) is 4.92. The number of thiophene rings is 1. The number of hydrogen-bond acceptors (Lipinski definition) is 5. The van der Waals surface area contributed by atoms with Gasteiger partial charge in [0.2, 0.25) is 0 Å². The minimum Gasteiger partial charge on any atom is -0.344 e. The Balaban J connectivity index is 1.77. The van der Waals surface area contributed by atoms with Crippen LogP contribution in [-0.2, 0) is 0 Å². The first kappa shape index (κ1) is 18.3. The third-order valence-corrected chi connectivity index (χ3v) is 5.45. The Morgan fingerprint density at radius 1 is 1.18 bits per heavy atom. The molecule has 0 aliphatic heterocycles. The zero-order valence-electron chi connectivity index (χ0n) is 16.0. The lowest BCUT2D eigenvalue weighted by molar-refractivity contribution is 0.0940. The van der Waals surface area contributed by atoms with Crippen molar-refractivity contribution < 1.29 is 4.79 Å². The second-order valence-corrected chi connectivity index (χ2v) is 7.85. The van der Waals surface area contributed by atoms with Gasteiger partial charge in [0.1, 0.15) is 0 Å². The minimum absolute atomic E-state index is 0.145. The fourth-order valence-corrected chi connectivity index (χ4v) is 3.80. The van der Waals surface area contributed by atoms with E-state index in [1.54, 1.807) is 23.7 Å². The zero-order chi connectivity index (χ0) is 19.7. The van der Waals surface area contributed by atoms with Crippen molar-refractivity contribution in [1.29, 1.82) is 0 Å². The van der Waals surface area contributed by atoms with Gasteiger partial charge in [-0.2, -0.15) is 5.10 Å². The van der Waals surface area contributed by atoms with Gasteiger partial charge in [0.15, 0.2) is 5.65 Å². The lowest BCUT2D eigenvalue weighted by Gasteiger charge is -2.14. The molecule has 0 radical (unpaired) electrons. The highest BCUT2D eigenvalue weighted by atomic mass is 32.1. The van der Waals surface area contributed by atoms with Crippen LogP contribution in [0.15, 0.2) is 54.2 Å². The molecule has 28 heavy (non-hydrogen) atoms. The number of pyridine rings is 2. The molecule has 0 aliphatic rings. The third-order valence-electron chi connectivity index (χ3n) is 4.55. The van der Waals surface area contributed by atoms with Gasteiger partial charge in [0, 0.05) is 12.2 Å². The van der Waals surface area contributed by atoms with Crippen molar-refractivity contribution in [2.75, 3.05) is 0 Å². The van der Waals surface area contributed by atoms with Crippen molar-refractivity contribution >= 4 is 28.3 Å². The van der Waals surface area contributed by atoms with Gasteiger partial charge in [-0.15, -0.1) is 11.3 Å². The third kappa shape index (κ3) is 3.41. The molecular weight excluding hydrogens is 370 g/mol. The van der Waals surface area contributed by atoms with E-state index in [-0.39, 0.29) is 18.0 Å². The summed E-state index contributed by atoms with van der Waals surface area (Å²) in [7, 11) is 0. The zero-order valence-corrected chi connectivity index (χ0v) is 16.8. The number of nitrogens with one attached hydrogen (secondary N) is 1. The van der Waals surface area contributed by atoms with Crippen LogP contribution in [0.3, 0.4) is 0 Å². The van der Waals surface area contributed by atoms with E-state index >= 15 is 0 Å². The Labute approximate surface area is 167 Å². The first-order chi connectivity index (χ1) is 13.5. The maximum absolute atomic E-state index is 13.1. The van der Waals surface area contributed by atoms with Crippen LogP contribution in [0.25, 0.3) is 21.6 Å². The van der Waals surface area contributed by atoms with Gasteiger partial charge in [0.25, 0.3) is 5.91 Å². The van der Waals surface area contributed by atoms with Gasteiger partial charge in [0.05, 0.1) is 39.5 Å². The van der Waals surface area contributed by atoms with Crippen molar-refractivity contribution in [1.82, 2.24) is 25.1 Å². The molecule has 142 valence electrons. The van der Waals surface area contributed by atoms with E-state index in [9.17, 15) is 4.79 Å². The predicted molar refractivity (Wildman–Crippen MR) is 111 cm³/mol. The standard InChI is InChI=1S/C21H21N5OS/c1-13(2)26-20-16(12-23-26)15(11-18(25-20)19-8-6-10-28-19)21(27)24-14(3)17-7-4-5-9-22-17/h4-14H,1-3H3,(H,24,27). The Morgan fingerprint density at radius 3 is 2.71 bits per heavy atom. The Bertz CT molecular complexity index is 1100.